The van der Waals surface area contributed by atoms with Gasteiger partial charge in [-0.05, 0) is 38.9 Å². The van der Waals surface area contributed by atoms with Crippen molar-refractivity contribution in [1.29, 1.82) is 0 Å². The molecule has 3 heteroatoms. The first-order valence-corrected chi connectivity index (χ1v) is 7.74. The molecule has 1 N–H and O–H groups in total. The van der Waals surface area contributed by atoms with Crippen LogP contribution >= 0.6 is 0 Å². The van der Waals surface area contributed by atoms with Crippen LogP contribution in [0.3, 0.4) is 0 Å². The van der Waals surface area contributed by atoms with Crippen LogP contribution in [0.4, 0.5) is 4.39 Å². The Bertz CT molecular complexity index is 450. The molecule has 2 nitrogen and oxygen atoms in total. The van der Waals surface area contributed by atoms with Crippen molar-refractivity contribution in [2.24, 2.45) is 0 Å². The van der Waals surface area contributed by atoms with Crippen LogP contribution in [-0.2, 0) is 0 Å². The van der Waals surface area contributed by atoms with Gasteiger partial charge in [-0.1, -0.05) is 44.4 Å². The van der Waals surface area contributed by atoms with Crippen molar-refractivity contribution >= 4 is 0 Å². The van der Waals surface area contributed by atoms with Crippen LogP contribution in [0.5, 0.6) is 0 Å². The van der Waals surface area contributed by atoms with E-state index in [0.29, 0.717) is 5.56 Å². The highest BCUT2D eigenvalue weighted by Crippen LogP contribution is 2.45. The number of nitrogens with zero attached hydrogens (tertiary/aromatic N) is 1. The normalized spacial score (nSPS) is 19.5. The molecule has 0 aromatic heterocycles. The molecule has 1 atom stereocenters. The van der Waals surface area contributed by atoms with Crippen molar-refractivity contribution in [1.82, 2.24) is 4.90 Å². The third kappa shape index (κ3) is 2.61. The van der Waals surface area contributed by atoms with E-state index in [4.69, 9.17) is 0 Å². The van der Waals surface area contributed by atoms with Gasteiger partial charge < -0.3 is 5.11 Å². The van der Waals surface area contributed by atoms with E-state index in [1.54, 1.807) is 12.1 Å². The summed E-state index contributed by atoms with van der Waals surface area (Å²) < 4.78 is 14.1. The summed E-state index contributed by atoms with van der Waals surface area (Å²) in [6, 6.07) is 5.02. The first kappa shape index (κ1) is 15.5. The van der Waals surface area contributed by atoms with Crippen molar-refractivity contribution < 1.29 is 9.50 Å². The fourth-order valence-electron chi connectivity index (χ4n) is 3.77. The number of hydrogen-bond acceptors (Lipinski definition) is 2. The topological polar surface area (TPSA) is 23.5 Å². The van der Waals surface area contributed by atoms with Crippen molar-refractivity contribution in [2.75, 3.05) is 13.1 Å². The largest absolute Gasteiger partial charge is 0.386 e. The van der Waals surface area contributed by atoms with Gasteiger partial charge in [-0.3, -0.25) is 4.90 Å². The van der Waals surface area contributed by atoms with Crippen LogP contribution in [0, 0.1) is 12.7 Å². The molecule has 1 aliphatic carbocycles. The molecular weight excluding hydrogens is 253 g/mol. The average molecular weight is 279 g/mol. The van der Waals surface area contributed by atoms with E-state index >= 15 is 0 Å². The summed E-state index contributed by atoms with van der Waals surface area (Å²) in [5, 5.41) is 10.9. The number of aliphatic hydroxyl groups excluding tert-OH is 1. The third-order valence-corrected chi connectivity index (χ3v) is 4.82. The molecule has 1 unspecified atom stereocenters. The van der Waals surface area contributed by atoms with Gasteiger partial charge in [0.15, 0.2) is 0 Å². The molecule has 0 amide bonds. The average Bonchev–Trinajstić information content (AvgIpc) is 2.93. The lowest BCUT2D eigenvalue weighted by Gasteiger charge is -2.44. The number of halogens is 1. The van der Waals surface area contributed by atoms with Gasteiger partial charge in [0.1, 0.15) is 11.9 Å². The Morgan fingerprint density at radius 2 is 1.85 bits per heavy atom. The molecule has 0 spiro atoms. The van der Waals surface area contributed by atoms with E-state index in [1.807, 2.05) is 6.92 Å². The van der Waals surface area contributed by atoms with Gasteiger partial charge in [-0.15, -0.1) is 0 Å². The van der Waals surface area contributed by atoms with E-state index in [-0.39, 0.29) is 11.4 Å². The molecule has 0 aliphatic heterocycles. The van der Waals surface area contributed by atoms with Gasteiger partial charge in [0.2, 0.25) is 0 Å². The van der Waals surface area contributed by atoms with E-state index < -0.39 is 6.10 Å². The first-order valence-electron chi connectivity index (χ1n) is 7.74. The number of aliphatic hydroxyl groups is 1. The zero-order valence-electron chi connectivity index (χ0n) is 12.8. The first-order chi connectivity index (χ1) is 9.55. The Hall–Kier alpha value is -0.930. The highest BCUT2D eigenvalue weighted by Gasteiger charge is 2.45. The molecule has 1 aliphatic rings. The molecule has 20 heavy (non-hydrogen) atoms. The maximum absolute atomic E-state index is 14.1. The molecule has 0 bridgehead atoms. The molecule has 1 saturated carbocycles. The van der Waals surface area contributed by atoms with Crippen LogP contribution in [0.1, 0.15) is 56.8 Å². The highest BCUT2D eigenvalue weighted by atomic mass is 19.1. The predicted octanol–water partition coefficient (Wildman–Crippen LogP) is 3.82. The predicted molar refractivity (Wildman–Crippen MR) is 80.2 cm³/mol. The molecule has 1 fully saturated rings. The summed E-state index contributed by atoms with van der Waals surface area (Å²) in [6.45, 7) is 7.95. The summed E-state index contributed by atoms with van der Waals surface area (Å²) in [7, 11) is 0. The van der Waals surface area contributed by atoms with Gasteiger partial charge in [0, 0.05) is 5.56 Å². The zero-order valence-corrected chi connectivity index (χ0v) is 12.8. The quantitative estimate of drug-likeness (QED) is 0.885. The Morgan fingerprint density at radius 1 is 1.25 bits per heavy atom. The number of likely N-dealkylation sites (N-methyl/N-ethyl adjacent to an activating group) is 1. The molecular formula is C17H26FNO. The van der Waals surface area contributed by atoms with Crippen LogP contribution in [-0.4, -0.2) is 28.6 Å². The molecule has 1 aromatic carbocycles. The van der Waals surface area contributed by atoms with E-state index in [2.05, 4.69) is 18.7 Å². The minimum Gasteiger partial charge on any atom is -0.386 e. The van der Waals surface area contributed by atoms with E-state index in [9.17, 15) is 9.50 Å². The minimum absolute atomic E-state index is 0.290. The monoisotopic (exact) mass is 279 g/mol. The maximum Gasteiger partial charge on any atom is 0.129 e. The van der Waals surface area contributed by atoms with Gasteiger partial charge in [0.05, 0.1) is 5.54 Å². The number of benzene rings is 1. The van der Waals surface area contributed by atoms with Crippen LogP contribution in [0.25, 0.3) is 0 Å². The van der Waals surface area contributed by atoms with Crippen molar-refractivity contribution in [3.8, 4) is 0 Å². The smallest absolute Gasteiger partial charge is 0.129 e. The molecule has 0 radical (unpaired) electrons. The molecule has 112 valence electrons. The number of rotatable bonds is 5. The zero-order chi connectivity index (χ0) is 14.8. The Labute approximate surface area is 121 Å². The summed E-state index contributed by atoms with van der Waals surface area (Å²) in [6.07, 6.45) is 3.37. The van der Waals surface area contributed by atoms with E-state index in [0.717, 1.165) is 44.3 Å². The minimum atomic E-state index is -0.746. The highest BCUT2D eigenvalue weighted by molar-refractivity contribution is 5.29. The van der Waals surface area contributed by atoms with Crippen LogP contribution in [0.15, 0.2) is 18.2 Å². The second-order valence-electron chi connectivity index (χ2n) is 5.91. The summed E-state index contributed by atoms with van der Waals surface area (Å²) >= 11 is 0. The Kier molecular flexibility index (Phi) is 4.82. The lowest BCUT2D eigenvalue weighted by Crippen LogP contribution is -2.51. The molecule has 0 saturated heterocycles. The van der Waals surface area contributed by atoms with Crippen LogP contribution in [0.2, 0.25) is 0 Å². The Balaban J connectivity index is 2.41. The lowest BCUT2D eigenvalue weighted by atomic mass is 9.83. The molecule has 0 heterocycles. The fraction of sp³-hybridized carbons (Fsp3) is 0.647. The van der Waals surface area contributed by atoms with Crippen molar-refractivity contribution in [3.05, 3.63) is 35.1 Å². The summed E-state index contributed by atoms with van der Waals surface area (Å²) in [5.74, 6) is -0.290. The number of hydrogen-bond donors (Lipinski definition) is 1. The lowest BCUT2D eigenvalue weighted by molar-refractivity contribution is -0.0285. The molecule has 1 aromatic rings. The van der Waals surface area contributed by atoms with Gasteiger partial charge in [-0.2, -0.15) is 0 Å². The van der Waals surface area contributed by atoms with Gasteiger partial charge in [0.25, 0.3) is 0 Å². The van der Waals surface area contributed by atoms with Gasteiger partial charge in [-0.25, -0.2) is 4.39 Å². The second kappa shape index (κ2) is 6.23. The van der Waals surface area contributed by atoms with E-state index in [1.165, 1.54) is 6.07 Å². The molecule has 2 rings (SSSR count). The maximum atomic E-state index is 14.1. The SMILES string of the molecule is CCN(CC)C1(C(O)c2cc(C)ccc2F)CCCC1. The fourth-order valence-corrected chi connectivity index (χ4v) is 3.77. The summed E-state index contributed by atoms with van der Waals surface area (Å²) in [5.41, 5.74) is 1.16. The van der Waals surface area contributed by atoms with Crippen molar-refractivity contribution in [3.63, 3.8) is 0 Å². The standard InChI is InChI=1S/C17H26FNO/c1-4-19(5-2)17(10-6-7-11-17)16(20)14-12-13(3)8-9-15(14)18/h8-9,12,16,20H,4-7,10-11H2,1-3H3. The van der Waals surface area contributed by atoms with Crippen molar-refractivity contribution in [2.45, 2.75) is 58.1 Å². The summed E-state index contributed by atoms with van der Waals surface area (Å²) in [4.78, 5) is 2.31. The number of aryl methyl sites for hydroxylation is 1. The Morgan fingerprint density at radius 3 is 2.40 bits per heavy atom. The van der Waals surface area contributed by atoms with Gasteiger partial charge >= 0.3 is 0 Å². The second-order valence-corrected chi connectivity index (χ2v) is 5.91. The third-order valence-electron chi connectivity index (χ3n) is 4.82. The van der Waals surface area contributed by atoms with Crippen LogP contribution < -0.4 is 0 Å².